The summed E-state index contributed by atoms with van der Waals surface area (Å²) in [6.07, 6.45) is 3.58. The molecule has 0 aromatic heterocycles. The second-order valence-corrected chi connectivity index (χ2v) is 5.86. The van der Waals surface area contributed by atoms with Crippen LogP contribution >= 0.6 is 0 Å². The Morgan fingerprint density at radius 1 is 1.21 bits per heavy atom. The van der Waals surface area contributed by atoms with E-state index in [0.29, 0.717) is 0 Å². The van der Waals surface area contributed by atoms with Gasteiger partial charge in [0.2, 0.25) is 0 Å². The van der Waals surface area contributed by atoms with Crippen LogP contribution in [-0.2, 0) is 6.42 Å². The van der Waals surface area contributed by atoms with Gasteiger partial charge in [0, 0.05) is 25.3 Å². The lowest BCUT2D eigenvalue weighted by molar-refractivity contribution is 0.285. The number of piperidine rings is 1. The average molecular weight is 261 g/mol. The van der Waals surface area contributed by atoms with E-state index < -0.39 is 0 Å². The lowest BCUT2D eigenvalue weighted by atomic mass is 9.95. The van der Waals surface area contributed by atoms with Gasteiger partial charge in [-0.15, -0.1) is 0 Å². The van der Waals surface area contributed by atoms with Crippen molar-refractivity contribution in [2.45, 2.75) is 19.3 Å². The fourth-order valence-electron chi connectivity index (χ4n) is 3.06. The molecule has 2 N–H and O–H groups in total. The molecule has 0 aliphatic carbocycles. The molecular weight excluding hydrogens is 234 g/mol. The highest BCUT2D eigenvalue weighted by molar-refractivity contribution is 5.54. The molecule has 0 amide bonds. The molecule has 1 heterocycles. The zero-order valence-corrected chi connectivity index (χ0v) is 12.3. The second kappa shape index (κ2) is 6.92. The monoisotopic (exact) mass is 261 g/mol. The Kier molecular flexibility index (Phi) is 5.23. The van der Waals surface area contributed by atoms with Gasteiger partial charge in [0.1, 0.15) is 0 Å². The Morgan fingerprint density at radius 2 is 1.89 bits per heavy atom. The number of rotatable bonds is 5. The van der Waals surface area contributed by atoms with Crippen molar-refractivity contribution in [2.75, 3.05) is 45.2 Å². The normalized spacial score (nSPS) is 17.2. The van der Waals surface area contributed by atoms with Crippen molar-refractivity contribution in [1.82, 2.24) is 4.90 Å². The maximum atomic E-state index is 5.71. The average Bonchev–Trinajstić information content (AvgIpc) is 2.40. The first-order valence-corrected chi connectivity index (χ1v) is 7.38. The lowest BCUT2D eigenvalue weighted by Crippen LogP contribution is -2.37. The molecule has 1 aliphatic heterocycles. The van der Waals surface area contributed by atoms with Crippen LogP contribution in [0.4, 0.5) is 5.69 Å². The number of para-hydroxylation sites is 1. The summed E-state index contributed by atoms with van der Waals surface area (Å²) in [5.74, 6) is 0.855. The van der Waals surface area contributed by atoms with E-state index in [9.17, 15) is 0 Å². The maximum Gasteiger partial charge on any atom is 0.0399 e. The van der Waals surface area contributed by atoms with Gasteiger partial charge >= 0.3 is 0 Å². The summed E-state index contributed by atoms with van der Waals surface area (Å²) in [6.45, 7) is 4.31. The quantitative estimate of drug-likeness (QED) is 0.879. The van der Waals surface area contributed by atoms with Crippen molar-refractivity contribution in [2.24, 2.45) is 11.7 Å². The molecule has 3 heteroatoms. The van der Waals surface area contributed by atoms with Crippen LogP contribution in [0, 0.1) is 5.92 Å². The van der Waals surface area contributed by atoms with Gasteiger partial charge in [0.25, 0.3) is 0 Å². The number of anilines is 1. The Hall–Kier alpha value is -1.06. The Labute approximate surface area is 117 Å². The molecule has 0 spiro atoms. The molecule has 2 rings (SSSR count). The number of hydrogen-bond acceptors (Lipinski definition) is 3. The van der Waals surface area contributed by atoms with Gasteiger partial charge in [-0.25, -0.2) is 0 Å². The summed E-state index contributed by atoms with van der Waals surface area (Å²) >= 11 is 0. The highest BCUT2D eigenvalue weighted by Crippen LogP contribution is 2.26. The summed E-state index contributed by atoms with van der Waals surface area (Å²) < 4.78 is 0. The van der Waals surface area contributed by atoms with E-state index in [4.69, 9.17) is 5.73 Å². The van der Waals surface area contributed by atoms with E-state index in [1.54, 1.807) is 0 Å². The minimum Gasteiger partial charge on any atom is -0.371 e. The van der Waals surface area contributed by atoms with Crippen LogP contribution in [0.1, 0.15) is 18.4 Å². The van der Waals surface area contributed by atoms with Crippen LogP contribution in [0.5, 0.6) is 0 Å². The van der Waals surface area contributed by atoms with E-state index in [1.165, 1.54) is 43.7 Å². The largest absolute Gasteiger partial charge is 0.371 e. The van der Waals surface area contributed by atoms with Crippen LogP contribution in [0.15, 0.2) is 24.3 Å². The van der Waals surface area contributed by atoms with Crippen molar-refractivity contribution in [3.05, 3.63) is 29.8 Å². The first kappa shape index (κ1) is 14.4. The third-order valence-electron chi connectivity index (χ3n) is 3.98. The van der Waals surface area contributed by atoms with Crippen molar-refractivity contribution < 1.29 is 0 Å². The van der Waals surface area contributed by atoms with Crippen molar-refractivity contribution in [1.29, 1.82) is 0 Å². The fraction of sp³-hybridized carbons (Fsp3) is 0.625. The van der Waals surface area contributed by atoms with Crippen molar-refractivity contribution >= 4 is 5.69 Å². The second-order valence-electron chi connectivity index (χ2n) is 5.86. The number of benzene rings is 1. The number of nitrogens with zero attached hydrogens (tertiary/aromatic N) is 2. The first-order chi connectivity index (χ1) is 9.20. The van der Waals surface area contributed by atoms with Crippen molar-refractivity contribution in [3.8, 4) is 0 Å². The van der Waals surface area contributed by atoms with Crippen LogP contribution < -0.4 is 10.6 Å². The molecule has 0 radical (unpaired) electrons. The minimum absolute atomic E-state index is 0.730. The molecule has 3 nitrogen and oxygen atoms in total. The minimum atomic E-state index is 0.730. The predicted molar refractivity (Wildman–Crippen MR) is 82.7 cm³/mol. The number of hydrogen-bond donors (Lipinski definition) is 1. The molecule has 0 saturated carbocycles. The molecule has 19 heavy (non-hydrogen) atoms. The van der Waals surface area contributed by atoms with Crippen molar-refractivity contribution in [3.63, 3.8) is 0 Å². The van der Waals surface area contributed by atoms with E-state index in [2.05, 4.69) is 48.2 Å². The predicted octanol–water partition coefficient (Wildman–Crippen LogP) is 1.97. The summed E-state index contributed by atoms with van der Waals surface area (Å²) in [6, 6.07) is 8.72. The first-order valence-electron chi connectivity index (χ1n) is 7.38. The molecule has 1 aromatic carbocycles. The van der Waals surface area contributed by atoms with Gasteiger partial charge in [-0.1, -0.05) is 18.2 Å². The van der Waals surface area contributed by atoms with Gasteiger partial charge in [-0.3, -0.25) is 0 Å². The van der Waals surface area contributed by atoms with Gasteiger partial charge in [0.05, 0.1) is 0 Å². The Morgan fingerprint density at radius 3 is 2.53 bits per heavy atom. The molecule has 1 saturated heterocycles. The van der Waals surface area contributed by atoms with Crippen LogP contribution in [-0.4, -0.2) is 45.2 Å². The highest BCUT2D eigenvalue weighted by Gasteiger charge is 2.20. The lowest BCUT2D eigenvalue weighted by Gasteiger charge is -2.35. The topological polar surface area (TPSA) is 32.5 Å². The Balaban J connectivity index is 1.97. The van der Waals surface area contributed by atoms with Crippen LogP contribution in [0.3, 0.4) is 0 Å². The van der Waals surface area contributed by atoms with Gasteiger partial charge < -0.3 is 15.5 Å². The van der Waals surface area contributed by atoms with Crippen LogP contribution in [0.2, 0.25) is 0 Å². The molecule has 1 aromatic rings. The summed E-state index contributed by atoms with van der Waals surface area (Å²) in [4.78, 5) is 4.85. The van der Waals surface area contributed by atoms with Gasteiger partial charge in [-0.05, 0) is 57.5 Å². The zero-order valence-electron chi connectivity index (χ0n) is 12.3. The van der Waals surface area contributed by atoms with Gasteiger partial charge in [-0.2, -0.15) is 0 Å². The summed E-state index contributed by atoms with van der Waals surface area (Å²) in [5, 5.41) is 0. The summed E-state index contributed by atoms with van der Waals surface area (Å²) in [5.41, 5.74) is 8.51. The third kappa shape index (κ3) is 3.95. The molecule has 0 atom stereocenters. The molecule has 1 aliphatic rings. The molecule has 0 unspecified atom stereocenters. The highest BCUT2D eigenvalue weighted by atomic mass is 15.1. The molecule has 106 valence electrons. The van der Waals surface area contributed by atoms with Gasteiger partial charge in [0.15, 0.2) is 0 Å². The van der Waals surface area contributed by atoms with E-state index >= 15 is 0 Å². The smallest absolute Gasteiger partial charge is 0.0399 e. The van der Waals surface area contributed by atoms with E-state index in [-0.39, 0.29) is 0 Å². The standard InChI is InChI=1S/C16H27N3/c1-18(2)13-14-8-11-19(12-9-14)16-6-4-3-5-15(16)7-10-17/h3-6,14H,7-13,17H2,1-2H3. The third-order valence-corrected chi connectivity index (χ3v) is 3.98. The summed E-state index contributed by atoms with van der Waals surface area (Å²) in [7, 11) is 4.34. The molecule has 0 bridgehead atoms. The van der Waals surface area contributed by atoms with E-state index in [0.717, 1.165) is 18.9 Å². The zero-order chi connectivity index (χ0) is 13.7. The van der Waals surface area contributed by atoms with E-state index in [1.807, 2.05) is 0 Å². The Bertz CT molecular complexity index is 381. The molecular formula is C16H27N3. The number of nitrogens with two attached hydrogens (primary N) is 1. The maximum absolute atomic E-state index is 5.71. The fourth-order valence-corrected chi connectivity index (χ4v) is 3.06. The molecule has 1 fully saturated rings. The SMILES string of the molecule is CN(C)CC1CCN(c2ccccc2CCN)CC1. The van der Waals surface area contributed by atoms with Crippen LogP contribution in [0.25, 0.3) is 0 Å².